The highest BCUT2D eigenvalue weighted by Gasteiger charge is 2.26. The zero-order valence-corrected chi connectivity index (χ0v) is 8.08. The van der Waals surface area contributed by atoms with Gasteiger partial charge in [-0.25, -0.2) is 0 Å². The Balaban J connectivity index is 3.09. The Hall–Kier alpha value is -0.730. The quantitative estimate of drug-likeness (QED) is 0.529. The maximum Gasteiger partial charge on any atom is 0.411 e. The van der Waals surface area contributed by atoms with Crippen LogP contribution in [0.1, 0.15) is 13.3 Å². The molecule has 0 spiro atoms. The van der Waals surface area contributed by atoms with E-state index in [4.69, 9.17) is 0 Å². The predicted molar refractivity (Wildman–Crippen MR) is 47.8 cm³/mol. The number of hydrogen-bond donors (Lipinski definition) is 1. The molecule has 0 amide bonds. The van der Waals surface area contributed by atoms with Crippen LogP contribution in [0.15, 0.2) is 0 Å². The van der Waals surface area contributed by atoms with Crippen LogP contribution < -0.4 is 5.32 Å². The second-order valence-corrected chi connectivity index (χ2v) is 2.62. The summed E-state index contributed by atoms with van der Waals surface area (Å²) in [6, 6.07) is 0. The van der Waals surface area contributed by atoms with E-state index in [9.17, 15) is 13.2 Å². The summed E-state index contributed by atoms with van der Waals surface area (Å²) in [6.07, 6.45) is -3.66. The topological polar surface area (TPSA) is 21.3 Å². The first-order valence-corrected chi connectivity index (χ1v) is 4.31. The highest BCUT2D eigenvalue weighted by atomic mass is 19.4. The second-order valence-electron chi connectivity index (χ2n) is 2.62. The van der Waals surface area contributed by atoms with Gasteiger partial charge in [-0.2, -0.15) is 13.2 Å². The minimum atomic E-state index is -4.22. The molecular weight excluding hydrogens is 195 g/mol. The maximum absolute atomic E-state index is 11.6. The van der Waals surface area contributed by atoms with Gasteiger partial charge in [0, 0.05) is 6.61 Å². The number of hydrogen-bond acceptors (Lipinski definition) is 2. The van der Waals surface area contributed by atoms with Gasteiger partial charge in [-0.05, 0) is 19.9 Å². The molecule has 0 rings (SSSR count). The van der Waals surface area contributed by atoms with Crippen LogP contribution in [0.2, 0.25) is 0 Å². The van der Waals surface area contributed by atoms with Gasteiger partial charge in [-0.3, -0.25) is 0 Å². The third kappa shape index (κ3) is 11.3. The molecule has 0 aliphatic heterocycles. The number of rotatable bonds is 6. The summed E-state index contributed by atoms with van der Waals surface area (Å²) < 4.78 is 39.1. The molecule has 82 valence electrons. The van der Waals surface area contributed by atoms with Gasteiger partial charge >= 0.3 is 6.18 Å². The van der Waals surface area contributed by atoms with E-state index in [1.165, 1.54) is 0 Å². The highest BCUT2D eigenvalue weighted by molar-refractivity contribution is 4.96. The van der Waals surface area contributed by atoms with E-state index in [1.54, 1.807) is 6.92 Å². The molecule has 0 aliphatic carbocycles. The Morgan fingerprint density at radius 3 is 2.64 bits per heavy atom. The molecule has 0 radical (unpaired) electrons. The highest BCUT2D eigenvalue weighted by Crippen LogP contribution is 2.14. The first kappa shape index (κ1) is 13.3. The molecule has 0 fully saturated rings. The van der Waals surface area contributed by atoms with Crippen molar-refractivity contribution in [2.45, 2.75) is 19.5 Å². The Bertz CT molecular complexity index is 192. The van der Waals surface area contributed by atoms with Crippen LogP contribution in [0.5, 0.6) is 0 Å². The number of halogens is 3. The van der Waals surface area contributed by atoms with E-state index < -0.39 is 12.8 Å². The number of nitrogens with one attached hydrogen (secondary N) is 1. The zero-order valence-electron chi connectivity index (χ0n) is 8.08. The summed E-state index contributed by atoms with van der Waals surface area (Å²) in [4.78, 5) is 0. The molecule has 5 heteroatoms. The van der Waals surface area contributed by atoms with Crippen molar-refractivity contribution in [1.29, 1.82) is 0 Å². The van der Waals surface area contributed by atoms with Gasteiger partial charge in [0.1, 0.15) is 6.61 Å². The van der Waals surface area contributed by atoms with Gasteiger partial charge in [0.2, 0.25) is 0 Å². The Morgan fingerprint density at radius 1 is 1.36 bits per heavy atom. The molecule has 0 bridgehead atoms. The fraction of sp³-hybridized carbons (Fsp3) is 0.778. The molecule has 2 nitrogen and oxygen atoms in total. The molecule has 0 unspecified atom stereocenters. The molecule has 0 saturated carbocycles. The van der Waals surface area contributed by atoms with E-state index >= 15 is 0 Å². The van der Waals surface area contributed by atoms with E-state index in [1.807, 2.05) is 0 Å². The van der Waals surface area contributed by atoms with Crippen LogP contribution in [0, 0.1) is 11.8 Å². The molecule has 0 aromatic rings. The van der Waals surface area contributed by atoms with E-state index in [0.29, 0.717) is 19.5 Å². The molecular formula is C9H14F3NO. The van der Waals surface area contributed by atoms with Crippen molar-refractivity contribution in [3.05, 3.63) is 0 Å². The first-order valence-electron chi connectivity index (χ1n) is 4.31. The standard InChI is InChI=1S/C9H14F3NO/c1-2-3-5-13-6-4-7-14-8-9(10,11)12/h13H,4-8H2,1H3. The average Bonchev–Trinajstić information content (AvgIpc) is 2.08. The van der Waals surface area contributed by atoms with Crippen LogP contribution >= 0.6 is 0 Å². The Morgan fingerprint density at radius 2 is 2.07 bits per heavy atom. The zero-order chi connectivity index (χ0) is 10.9. The normalized spacial score (nSPS) is 10.9. The summed E-state index contributed by atoms with van der Waals surface area (Å²) in [7, 11) is 0. The van der Waals surface area contributed by atoms with Crippen LogP contribution in [-0.4, -0.2) is 32.5 Å². The first-order chi connectivity index (χ1) is 6.56. The van der Waals surface area contributed by atoms with Crippen molar-refractivity contribution in [3.8, 4) is 11.8 Å². The lowest BCUT2D eigenvalue weighted by molar-refractivity contribution is -0.173. The minimum absolute atomic E-state index is 0.117. The van der Waals surface area contributed by atoms with E-state index in [2.05, 4.69) is 21.9 Å². The monoisotopic (exact) mass is 209 g/mol. The average molecular weight is 209 g/mol. The van der Waals surface area contributed by atoms with E-state index in [0.717, 1.165) is 0 Å². The van der Waals surface area contributed by atoms with Gasteiger partial charge in [-0.15, -0.1) is 5.92 Å². The Labute approximate surface area is 81.8 Å². The predicted octanol–water partition coefficient (Wildman–Crippen LogP) is 1.57. The van der Waals surface area contributed by atoms with Crippen LogP contribution in [-0.2, 0) is 4.74 Å². The SMILES string of the molecule is CC#CCNCCCOCC(F)(F)F. The Kier molecular flexibility index (Phi) is 7.25. The fourth-order valence-electron chi connectivity index (χ4n) is 0.726. The van der Waals surface area contributed by atoms with Gasteiger partial charge in [0.05, 0.1) is 6.54 Å². The van der Waals surface area contributed by atoms with Crippen molar-refractivity contribution in [3.63, 3.8) is 0 Å². The third-order valence-electron chi connectivity index (χ3n) is 1.30. The minimum Gasteiger partial charge on any atom is -0.372 e. The smallest absolute Gasteiger partial charge is 0.372 e. The fourth-order valence-corrected chi connectivity index (χ4v) is 0.726. The van der Waals surface area contributed by atoms with Gasteiger partial charge in [0.15, 0.2) is 0 Å². The molecule has 14 heavy (non-hydrogen) atoms. The summed E-state index contributed by atoms with van der Waals surface area (Å²) in [5.41, 5.74) is 0. The molecule has 1 N–H and O–H groups in total. The molecule has 0 atom stereocenters. The van der Waals surface area contributed by atoms with Crippen LogP contribution in [0.3, 0.4) is 0 Å². The van der Waals surface area contributed by atoms with Crippen molar-refractivity contribution < 1.29 is 17.9 Å². The van der Waals surface area contributed by atoms with Gasteiger partial charge in [0.25, 0.3) is 0 Å². The van der Waals surface area contributed by atoms with Gasteiger partial charge < -0.3 is 10.1 Å². The third-order valence-corrected chi connectivity index (χ3v) is 1.30. The lowest BCUT2D eigenvalue weighted by atomic mass is 10.4. The summed E-state index contributed by atoms with van der Waals surface area (Å²) in [5, 5.41) is 2.95. The maximum atomic E-state index is 11.6. The molecule has 0 saturated heterocycles. The van der Waals surface area contributed by atoms with Gasteiger partial charge in [-0.1, -0.05) is 5.92 Å². The molecule has 0 aliphatic rings. The number of alkyl halides is 3. The molecule has 0 aromatic carbocycles. The summed E-state index contributed by atoms with van der Waals surface area (Å²) in [6.45, 7) is 1.87. The van der Waals surface area contributed by atoms with Crippen molar-refractivity contribution in [1.82, 2.24) is 5.32 Å². The molecule has 0 aromatic heterocycles. The van der Waals surface area contributed by atoms with Crippen molar-refractivity contribution in [2.75, 3.05) is 26.3 Å². The summed E-state index contributed by atoms with van der Waals surface area (Å²) >= 11 is 0. The second kappa shape index (κ2) is 7.65. The van der Waals surface area contributed by atoms with Crippen molar-refractivity contribution in [2.24, 2.45) is 0 Å². The van der Waals surface area contributed by atoms with E-state index in [-0.39, 0.29) is 6.61 Å². The number of ether oxygens (including phenoxy) is 1. The summed E-state index contributed by atoms with van der Waals surface area (Å²) in [5.74, 6) is 5.48. The lowest BCUT2D eigenvalue weighted by Gasteiger charge is -2.07. The largest absolute Gasteiger partial charge is 0.411 e. The lowest BCUT2D eigenvalue weighted by Crippen LogP contribution is -2.20. The van der Waals surface area contributed by atoms with Crippen LogP contribution in [0.25, 0.3) is 0 Å². The van der Waals surface area contributed by atoms with Crippen molar-refractivity contribution >= 4 is 0 Å². The van der Waals surface area contributed by atoms with Crippen LogP contribution in [0.4, 0.5) is 13.2 Å². The molecule has 0 heterocycles.